The quantitative estimate of drug-likeness (QED) is 0.386. The molecule has 0 bridgehead atoms. The van der Waals surface area contributed by atoms with E-state index in [1.165, 1.54) is 18.2 Å². The van der Waals surface area contributed by atoms with E-state index in [2.05, 4.69) is 0 Å². The van der Waals surface area contributed by atoms with Crippen molar-refractivity contribution in [3.05, 3.63) is 33.9 Å². The van der Waals surface area contributed by atoms with Gasteiger partial charge in [0.1, 0.15) is 0 Å². The third-order valence-electron chi connectivity index (χ3n) is 1.51. The SMILES string of the molecule is Nc1cc([N+](=O)[O-])ccc1CO. The maximum absolute atomic E-state index is 10.2. The van der Waals surface area contributed by atoms with E-state index in [4.69, 9.17) is 10.8 Å². The van der Waals surface area contributed by atoms with Crippen molar-refractivity contribution in [2.75, 3.05) is 5.73 Å². The van der Waals surface area contributed by atoms with Crippen molar-refractivity contribution in [2.45, 2.75) is 6.61 Å². The molecule has 1 aromatic carbocycles. The van der Waals surface area contributed by atoms with Gasteiger partial charge in [0.25, 0.3) is 5.69 Å². The summed E-state index contributed by atoms with van der Waals surface area (Å²) < 4.78 is 0. The largest absolute Gasteiger partial charge is 0.398 e. The first-order valence-corrected chi connectivity index (χ1v) is 3.29. The van der Waals surface area contributed by atoms with Crippen molar-refractivity contribution >= 4 is 11.4 Å². The van der Waals surface area contributed by atoms with Crippen molar-refractivity contribution in [1.29, 1.82) is 0 Å². The average molecular weight is 168 g/mol. The van der Waals surface area contributed by atoms with E-state index in [0.29, 0.717) is 5.56 Å². The number of nitro groups is 1. The summed E-state index contributed by atoms with van der Waals surface area (Å²) in [5.74, 6) is 0. The van der Waals surface area contributed by atoms with E-state index in [0.717, 1.165) is 0 Å². The predicted molar refractivity (Wildman–Crippen MR) is 43.4 cm³/mol. The summed E-state index contributed by atoms with van der Waals surface area (Å²) in [6.45, 7) is -0.205. The van der Waals surface area contributed by atoms with Gasteiger partial charge in [0.05, 0.1) is 11.5 Å². The van der Waals surface area contributed by atoms with Gasteiger partial charge in [-0.05, 0) is 6.07 Å². The summed E-state index contributed by atoms with van der Waals surface area (Å²) in [5.41, 5.74) is 6.08. The smallest absolute Gasteiger partial charge is 0.271 e. The Morgan fingerprint density at radius 1 is 1.58 bits per heavy atom. The number of nitrogen functional groups attached to an aromatic ring is 1. The predicted octanol–water partition coefficient (Wildman–Crippen LogP) is 0.669. The minimum absolute atomic E-state index is 0.0651. The lowest BCUT2D eigenvalue weighted by atomic mass is 10.2. The lowest BCUT2D eigenvalue weighted by molar-refractivity contribution is -0.384. The van der Waals surface area contributed by atoms with E-state index < -0.39 is 4.92 Å². The van der Waals surface area contributed by atoms with Gasteiger partial charge in [-0.15, -0.1) is 0 Å². The maximum atomic E-state index is 10.2. The Labute approximate surface area is 68.6 Å². The molecule has 0 aromatic heterocycles. The first kappa shape index (κ1) is 8.48. The van der Waals surface area contributed by atoms with Gasteiger partial charge >= 0.3 is 0 Å². The first-order valence-electron chi connectivity index (χ1n) is 3.29. The Hall–Kier alpha value is -1.62. The average Bonchev–Trinajstić information content (AvgIpc) is 2.04. The molecule has 0 spiro atoms. The molecule has 0 unspecified atom stereocenters. The molecule has 5 heteroatoms. The number of hydrogen-bond donors (Lipinski definition) is 2. The molecule has 0 saturated heterocycles. The Bertz CT molecular complexity index is 312. The standard InChI is InChI=1S/C7H8N2O3/c8-7-3-6(9(11)12)2-1-5(7)4-10/h1-3,10H,4,8H2. The first-order chi connectivity index (χ1) is 5.65. The zero-order valence-corrected chi connectivity index (χ0v) is 6.23. The van der Waals surface area contributed by atoms with Crippen LogP contribution in [0.3, 0.4) is 0 Å². The van der Waals surface area contributed by atoms with E-state index >= 15 is 0 Å². The van der Waals surface area contributed by atoms with Gasteiger partial charge in [-0.3, -0.25) is 10.1 Å². The second-order valence-electron chi connectivity index (χ2n) is 2.30. The zero-order chi connectivity index (χ0) is 9.14. The third-order valence-corrected chi connectivity index (χ3v) is 1.51. The fraction of sp³-hybridized carbons (Fsp3) is 0.143. The number of non-ortho nitro benzene ring substituents is 1. The molecular formula is C7H8N2O3. The van der Waals surface area contributed by atoms with Gasteiger partial charge in [-0.25, -0.2) is 0 Å². The second kappa shape index (κ2) is 3.19. The molecule has 0 saturated carbocycles. The lowest BCUT2D eigenvalue weighted by Crippen LogP contribution is -1.96. The van der Waals surface area contributed by atoms with Crippen LogP contribution in [0.5, 0.6) is 0 Å². The Morgan fingerprint density at radius 3 is 2.67 bits per heavy atom. The highest BCUT2D eigenvalue weighted by Gasteiger charge is 2.07. The van der Waals surface area contributed by atoms with Crippen LogP contribution in [0.4, 0.5) is 11.4 Å². The second-order valence-corrected chi connectivity index (χ2v) is 2.30. The normalized spacial score (nSPS) is 9.75. The molecule has 0 aliphatic carbocycles. The summed E-state index contributed by atoms with van der Waals surface area (Å²) in [7, 11) is 0. The van der Waals surface area contributed by atoms with Crippen LogP contribution in [0.1, 0.15) is 5.56 Å². The molecule has 1 rings (SSSR count). The maximum Gasteiger partial charge on any atom is 0.271 e. The highest BCUT2D eigenvalue weighted by molar-refractivity contribution is 5.53. The van der Waals surface area contributed by atoms with Crippen molar-refractivity contribution < 1.29 is 10.0 Å². The number of aliphatic hydroxyl groups is 1. The van der Waals surface area contributed by atoms with Crippen molar-refractivity contribution in [3.63, 3.8) is 0 Å². The topological polar surface area (TPSA) is 89.4 Å². The molecule has 0 amide bonds. The lowest BCUT2D eigenvalue weighted by Gasteiger charge is -2.00. The van der Waals surface area contributed by atoms with Crippen molar-refractivity contribution in [2.24, 2.45) is 0 Å². The summed E-state index contributed by atoms with van der Waals surface area (Å²) in [6, 6.07) is 3.97. The fourth-order valence-electron chi connectivity index (χ4n) is 0.840. The number of aliphatic hydroxyl groups excluding tert-OH is 1. The molecule has 3 N–H and O–H groups in total. The number of hydrogen-bond acceptors (Lipinski definition) is 4. The number of rotatable bonds is 2. The van der Waals surface area contributed by atoms with Crippen LogP contribution >= 0.6 is 0 Å². The Kier molecular flexibility index (Phi) is 2.25. The number of anilines is 1. The summed E-state index contributed by atoms with van der Waals surface area (Å²) in [6.07, 6.45) is 0. The van der Waals surface area contributed by atoms with Crippen LogP contribution < -0.4 is 5.73 Å². The monoisotopic (exact) mass is 168 g/mol. The minimum Gasteiger partial charge on any atom is -0.398 e. The van der Waals surface area contributed by atoms with Crippen molar-refractivity contribution in [1.82, 2.24) is 0 Å². The molecule has 64 valence electrons. The number of nitrogens with zero attached hydrogens (tertiary/aromatic N) is 1. The highest BCUT2D eigenvalue weighted by Crippen LogP contribution is 2.19. The molecule has 0 aliphatic heterocycles. The van der Waals surface area contributed by atoms with Crippen LogP contribution in [-0.4, -0.2) is 10.0 Å². The van der Waals surface area contributed by atoms with Gasteiger partial charge in [0, 0.05) is 23.4 Å². The van der Waals surface area contributed by atoms with Gasteiger partial charge in [0.15, 0.2) is 0 Å². The number of nitro benzene ring substituents is 1. The molecule has 5 nitrogen and oxygen atoms in total. The van der Waals surface area contributed by atoms with E-state index in [1.807, 2.05) is 0 Å². The fourth-order valence-corrected chi connectivity index (χ4v) is 0.840. The molecular weight excluding hydrogens is 160 g/mol. The van der Waals surface area contributed by atoms with Crippen LogP contribution in [0.15, 0.2) is 18.2 Å². The molecule has 12 heavy (non-hydrogen) atoms. The van der Waals surface area contributed by atoms with Crippen LogP contribution in [-0.2, 0) is 6.61 Å². The molecule has 1 aromatic rings. The summed E-state index contributed by atoms with van der Waals surface area (Å²) in [4.78, 5) is 9.71. The van der Waals surface area contributed by atoms with Crippen LogP contribution in [0.25, 0.3) is 0 Å². The molecule has 0 atom stereocenters. The van der Waals surface area contributed by atoms with Gasteiger partial charge in [0.2, 0.25) is 0 Å². The van der Waals surface area contributed by atoms with E-state index in [1.54, 1.807) is 0 Å². The molecule has 0 aliphatic rings. The minimum atomic E-state index is -0.530. The summed E-state index contributed by atoms with van der Waals surface area (Å²) >= 11 is 0. The van der Waals surface area contributed by atoms with Gasteiger partial charge in [-0.2, -0.15) is 0 Å². The van der Waals surface area contributed by atoms with Crippen LogP contribution in [0, 0.1) is 10.1 Å². The molecule has 0 fully saturated rings. The Morgan fingerprint density at radius 2 is 2.25 bits per heavy atom. The summed E-state index contributed by atoms with van der Waals surface area (Å²) in [5, 5.41) is 18.9. The number of nitrogens with two attached hydrogens (primary N) is 1. The highest BCUT2D eigenvalue weighted by atomic mass is 16.6. The van der Waals surface area contributed by atoms with Gasteiger partial charge < -0.3 is 10.8 Å². The van der Waals surface area contributed by atoms with Crippen molar-refractivity contribution in [3.8, 4) is 0 Å². The Balaban J connectivity index is 3.10. The van der Waals surface area contributed by atoms with Gasteiger partial charge in [-0.1, -0.05) is 0 Å². The van der Waals surface area contributed by atoms with E-state index in [9.17, 15) is 10.1 Å². The number of benzene rings is 1. The third kappa shape index (κ3) is 1.51. The molecule has 0 radical (unpaired) electrons. The molecule has 0 heterocycles. The zero-order valence-electron chi connectivity index (χ0n) is 6.23. The van der Waals surface area contributed by atoms with Crippen LogP contribution in [0.2, 0.25) is 0 Å². The van der Waals surface area contributed by atoms with E-state index in [-0.39, 0.29) is 18.0 Å².